The lowest BCUT2D eigenvalue weighted by Gasteiger charge is -2.37. The van der Waals surface area contributed by atoms with Gasteiger partial charge in [0.25, 0.3) is 11.8 Å². The van der Waals surface area contributed by atoms with Crippen molar-refractivity contribution < 1.29 is 27.8 Å². The third-order valence-electron chi connectivity index (χ3n) is 4.73. The zero-order valence-electron chi connectivity index (χ0n) is 14.9. The van der Waals surface area contributed by atoms with E-state index in [0.717, 1.165) is 12.1 Å². The number of rotatable bonds is 2. The minimum absolute atomic E-state index is 0.0514. The number of halogens is 2. The molecule has 2 amide bonds. The molecule has 0 spiro atoms. The first-order chi connectivity index (χ1) is 13.5. The highest BCUT2D eigenvalue weighted by Gasteiger charge is 2.36. The molecule has 2 aliphatic rings. The van der Waals surface area contributed by atoms with Gasteiger partial charge in [-0.05, 0) is 24.3 Å². The molecule has 28 heavy (non-hydrogen) atoms. The maximum atomic E-state index is 13.6. The van der Waals surface area contributed by atoms with Crippen molar-refractivity contribution in [2.24, 2.45) is 0 Å². The van der Waals surface area contributed by atoms with E-state index in [1.54, 1.807) is 29.2 Å². The highest BCUT2D eigenvalue weighted by Crippen LogP contribution is 2.34. The summed E-state index contributed by atoms with van der Waals surface area (Å²) in [6.45, 7) is 1.73. The Morgan fingerprint density at radius 1 is 1.00 bits per heavy atom. The van der Waals surface area contributed by atoms with Gasteiger partial charge in [0.2, 0.25) is 0 Å². The Balaban J connectivity index is 1.65. The predicted molar refractivity (Wildman–Crippen MR) is 96.3 cm³/mol. The van der Waals surface area contributed by atoms with Crippen molar-refractivity contribution in [2.45, 2.75) is 6.10 Å². The van der Waals surface area contributed by atoms with Gasteiger partial charge in [-0.2, -0.15) is 0 Å². The first kappa shape index (κ1) is 18.4. The van der Waals surface area contributed by atoms with Crippen LogP contribution in [0.1, 0.15) is 10.4 Å². The second-order valence-electron chi connectivity index (χ2n) is 6.59. The second kappa shape index (κ2) is 7.55. The molecule has 0 N–H and O–H groups in total. The van der Waals surface area contributed by atoms with Gasteiger partial charge in [-0.3, -0.25) is 9.59 Å². The minimum atomic E-state index is -0.907. The maximum Gasteiger partial charge on any atom is 0.265 e. The van der Waals surface area contributed by atoms with E-state index in [9.17, 15) is 18.4 Å². The van der Waals surface area contributed by atoms with Crippen LogP contribution in [-0.4, -0.2) is 55.7 Å². The zero-order valence-corrected chi connectivity index (χ0v) is 14.9. The van der Waals surface area contributed by atoms with Gasteiger partial charge < -0.3 is 19.3 Å². The lowest BCUT2D eigenvalue weighted by Crippen LogP contribution is -2.54. The number of fused-ring (bicyclic) bond motifs is 1. The number of amides is 2. The van der Waals surface area contributed by atoms with Gasteiger partial charge in [0.05, 0.1) is 25.4 Å². The second-order valence-corrected chi connectivity index (χ2v) is 6.59. The summed E-state index contributed by atoms with van der Waals surface area (Å²) in [4.78, 5) is 28.8. The third kappa shape index (κ3) is 3.55. The largest absolute Gasteiger partial charge is 0.476 e. The first-order valence-electron chi connectivity index (χ1n) is 8.93. The van der Waals surface area contributed by atoms with Crippen LogP contribution < -0.4 is 9.64 Å². The molecule has 0 bridgehead atoms. The monoisotopic (exact) mass is 388 g/mol. The molecular formula is C20H18F2N2O4. The van der Waals surface area contributed by atoms with Gasteiger partial charge in [0.15, 0.2) is 6.10 Å². The molecule has 1 saturated heterocycles. The van der Waals surface area contributed by atoms with Crippen LogP contribution in [0.3, 0.4) is 0 Å². The van der Waals surface area contributed by atoms with E-state index < -0.39 is 23.6 Å². The van der Waals surface area contributed by atoms with E-state index in [4.69, 9.17) is 9.47 Å². The van der Waals surface area contributed by atoms with Gasteiger partial charge >= 0.3 is 0 Å². The molecule has 8 heteroatoms. The average molecular weight is 388 g/mol. The quantitative estimate of drug-likeness (QED) is 0.792. The molecular weight excluding hydrogens is 370 g/mol. The Hall–Kier alpha value is -3.00. The van der Waals surface area contributed by atoms with E-state index in [1.165, 1.54) is 4.90 Å². The zero-order chi connectivity index (χ0) is 19.7. The molecule has 1 atom stereocenters. The third-order valence-corrected chi connectivity index (χ3v) is 4.73. The lowest BCUT2D eigenvalue weighted by molar-refractivity contribution is -0.142. The van der Waals surface area contributed by atoms with E-state index in [-0.39, 0.29) is 18.0 Å². The summed E-state index contributed by atoms with van der Waals surface area (Å²) < 4.78 is 38.3. The van der Waals surface area contributed by atoms with Crippen LogP contribution in [0.2, 0.25) is 0 Å². The van der Waals surface area contributed by atoms with Crippen LogP contribution in [0.5, 0.6) is 5.75 Å². The summed E-state index contributed by atoms with van der Waals surface area (Å²) in [5.41, 5.74) is 0.315. The molecule has 2 aromatic carbocycles. The number of para-hydroxylation sites is 2. The smallest absolute Gasteiger partial charge is 0.265 e. The van der Waals surface area contributed by atoms with Crippen LogP contribution in [0, 0.1) is 11.6 Å². The van der Waals surface area contributed by atoms with E-state index >= 15 is 0 Å². The first-order valence-corrected chi connectivity index (χ1v) is 8.93. The van der Waals surface area contributed by atoms with Crippen molar-refractivity contribution in [1.82, 2.24) is 4.90 Å². The van der Waals surface area contributed by atoms with Gasteiger partial charge in [-0.15, -0.1) is 0 Å². The standard InChI is InChI=1S/C20H18F2N2O4/c21-14-9-13(10-15(22)11-14)19(25)24-12-18(20(26)23-5-7-27-8-6-23)28-17-4-2-1-3-16(17)24/h1-4,9-11,18H,5-8,12H2. The Bertz CT molecular complexity index is 895. The number of hydrogen-bond acceptors (Lipinski definition) is 4. The summed E-state index contributed by atoms with van der Waals surface area (Å²) in [5.74, 6) is -2.17. The lowest BCUT2D eigenvalue weighted by atomic mass is 10.1. The molecule has 1 fully saturated rings. The molecule has 2 heterocycles. The van der Waals surface area contributed by atoms with Crippen LogP contribution >= 0.6 is 0 Å². The summed E-state index contributed by atoms with van der Waals surface area (Å²) in [6.07, 6.45) is -0.907. The predicted octanol–water partition coefficient (Wildman–Crippen LogP) is 2.23. The van der Waals surface area contributed by atoms with Crippen molar-refractivity contribution in [3.63, 3.8) is 0 Å². The highest BCUT2D eigenvalue weighted by molar-refractivity contribution is 6.07. The number of carbonyl (C=O) groups is 2. The normalized spacial score (nSPS) is 19.0. The number of ether oxygens (including phenoxy) is 2. The Morgan fingerprint density at radius 3 is 2.39 bits per heavy atom. The number of carbonyl (C=O) groups excluding carboxylic acids is 2. The Morgan fingerprint density at radius 2 is 1.68 bits per heavy atom. The van der Waals surface area contributed by atoms with E-state index in [0.29, 0.717) is 43.8 Å². The number of hydrogen-bond donors (Lipinski definition) is 0. The molecule has 6 nitrogen and oxygen atoms in total. The van der Waals surface area contributed by atoms with Crippen molar-refractivity contribution >= 4 is 17.5 Å². The average Bonchev–Trinajstić information content (AvgIpc) is 2.71. The molecule has 4 rings (SSSR count). The van der Waals surface area contributed by atoms with Crippen LogP contribution in [0.4, 0.5) is 14.5 Å². The fraction of sp³-hybridized carbons (Fsp3) is 0.300. The van der Waals surface area contributed by atoms with Crippen molar-refractivity contribution in [3.05, 3.63) is 59.7 Å². The van der Waals surface area contributed by atoms with Crippen molar-refractivity contribution in [1.29, 1.82) is 0 Å². The number of anilines is 1. The topological polar surface area (TPSA) is 59.1 Å². The van der Waals surface area contributed by atoms with Gasteiger partial charge in [-0.1, -0.05) is 12.1 Å². The molecule has 0 aliphatic carbocycles. The molecule has 146 valence electrons. The Labute approximate surface area is 160 Å². The maximum absolute atomic E-state index is 13.6. The van der Waals surface area contributed by atoms with Crippen molar-refractivity contribution in [2.75, 3.05) is 37.7 Å². The SMILES string of the molecule is O=C(C1CN(C(=O)c2cc(F)cc(F)c2)c2ccccc2O1)N1CCOCC1. The summed E-state index contributed by atoms with van der Waals surface area (Å²) in [5, 5.41) is 0. The fourth-order valence-corrected chi connectivity index (χ4v) is 3.38. The number of benzene rings is 2. The molecule has 1 unspecified atom stereocenters. The highest BCUT2D eigenvalue weighted by atomic mass is 19.1. The molecule has 2 aromatic rings. The van der Waals surface area contributed by atoms with Gasteiger partial charge in [0.1, 0.15) is 17.4 Å². The molecule has 0 radical (unpaired) electrons. The molecule has 0 saturated carbocycles. The van der Waals surface area contributed by atoms with Crippen molar-refractivity contribution in [3.8, 4) is 5.75 Å². The summed E-state index contributed by atoms with van der Waals surface area (Å²) in [7, 11) is 0. The summed E-state index contributed by atoms with van der Waals surface area (Å²) in [6, 6.07) is 9.42. The summed E-state index contributed by atoms with van der Waals surface area (Å²) >= 11 is 0. The molecule has 2 aliphatic heterocycles. The van der Waals surface area contributed by atoms with E-state index in [1.807, 2.05) is 0 Å². The van der Waals surface area contributed by atoms with Crippen LogP contribution in [-0.2, 0) is 9.53 Å². The van der Waals surface area contributed by atoms with Crippen LogP contribution in [0.15, 0.2) is 42.5 Å². The van der Waals surface area contributed by atoms with Gasteiger partial charge in [0, 0.05) is 24.7 Å². The van der Waals surface area contributed by atoms with Crippen LogP contribution in [0.25, 0.3) is 0 Å². The Kier molecular flexibility index (Phi) is 4.95. The van der Waals surface area contributed by atoms with E-state index in [2.05, 4.69) is 0 Å². The number of morpholine rings is 1. The number of nitrogens with zero attached hydrogens (tertiary/aromatic N) is 2. The minimum Gasteiger partial charge on any atom is -0.476 e. The van der Waals surface area contributed by atoms with Gasteiger partial charge in [-0.25, -0.2) is 8.78 Å². The fourth-order valence-electron chi connectivity index (χ4n) is 3.38. The molecule has 0 aromatic heterocycles.